The van der Waals surface area contributed by atoms with Gasteiger partial charge in [0.2, 0.25) is 0 Å². The Bertz CT molecular complexity index is 993. The standard InChI is InChI=1S/C26H30N2O3/c1-18(2)30-16-22-8-5-7-21(13-22)15-28-26(29)24-11-19(3)25(20(4)12-24)31-17-23-9-6-10-27-14-23/h5-14,18H,15-17H2,1-4H3,(H,28,29). The van der Waals surface area contributed by atoms with Gasteiger partial charge in [0, 0.05) is 30.1 Å². The molecule has 5 heteroatoms. The number of carbonyl (C=O) groups excluding carboxylic acids is 1. The highest BCUT2D eigenvalue weighted by molar-refractivity contribution is 5.94. The molecule has 2 aromatic carbocycles. The van der Waals surface area contributed by atoms with E-state index in [1.54, 1.807) is 12.4 Å². The minimum Gasteiger partial charge on any atom is -0.488 e. The van der Waals surface area contributed by atoms with Crippen molar-refractivity contribution in [1.29, 1.82) is 0 Å². The maximum Gasteiger partial charge on any atom is 0.251 e. The molecule has 31 heavy (non-hydrogen) atoms. The molecule has 0 saturated carbocycles. The maximum absolute atomic E-state index is 12.7. The number of hydrogen-bond acceptors (Lipinski definition) is 4. The molecule has 1 heterocycles. The van der Waals surface area contributed by atoms with Crippen molar-refractivity contribution >= 4 is 5.91 Å². The zero-order valence-corrected chi connectivity index (χ0v) is 18.6. The maximum atomic E-state index is 12.7. The number of hydrogen-bond donors (Lipinski definition) is 1. The molecule has 0 atom stereocenters. The molecule has 162 valence electrons. The fourth-order valence-corrected chi connectivity index (χ4v) is 3.32. The summed E-state index contributed by atoms with van der Waals surface area (Å²) in [4.78, 5) is 16.8. The van der Waals surface area contributed by atoms with Crippen LogP contribution in [0.1, 0.15) is 52.0 Å². The molecule has 0 saturated heterocycles. The molecule has 0 fully saturated rings. The Morgan fingerprint density at radius 3 is 2.35 bits per heavy atom. The lowest BCUT2D eigenvalue weighted by Crippen LogP contribution is -2.23. The molecule has 1 aromatic heterocycles. The Hall–Kier alpha value is -3.18. The molecule has 5 nitrogen and oxygen atoms in total. The third-order valence-corrected chi connectivity index (χ3v) is 4.86. The van der Waals surface area contributed by atoms with E-state index in [1.165, 1.54) is 0 Å². The van der Waals surface area contributed by atoms with E-state index in [4.69, 9.17) is 9.47 Å². The Kier molecular flexibility index (Phi) is 7.79. The van der Waals surface area contributed by atoms with Gasteiger partial charge in [0.25, 0.3) is 5.91 Å². The minimum atomic E-state index is -0.103. The van der Waals surface area contributed by atoms with Gasteiger partial charge in [-0.15, -0.1) is 0 Å². The van der Waals surface area contributed by atoms with Crippen molar-refractivity contribution in [3.63, 3.8) is 0 Å². The third-order valence-electron chi connectivity index (χ3n) is 4.86. The van der Waals surface area contributed by atoms with Gasteiger partial charge < -0.3 is 14.8 Å². The smallest absolute Gasteiger partial charge is 0.251 e. The predicted molar refractivity (Wildman–Crippen MR) is 122 cm³/mol. The molecule has 0 bridgehead atoms. The van der Waals surface area contributed by atoms with Gasteiger partial charge in [-0.3, -0.25) is 9.78 Å². The van der Waals surface area contributed by atoms with Gasteiger partial charge in [0.1, 0.15) is 12.4 Å². The quantitative estimate of drug-likeness (QED) is 0.523. The van der Waals surface area contributed by atoms with Crippen LogP contribution in [0.25, 0.3) is 0 Å². The second kappa shape index (κ2) is 10.7. The highest BCUT2D eigenvalue weighted by Crippen LogP contribution is 2.26. The number of nitrogens with one attached hydrogen (secondary N) is 1. The second-order valence-electron chi connectivity index (χ2n) is 7.95. The first-order chi connectivity index (χ1) is 14.9. The van der Waals surface area contributed by atoms with E-state index in [0.29, 0.717) is 25.3 Å². The van der Waals surface area contributed by atoms with E-state index in [9.17, 15) is 4.79 Å². The van der Waals surface area contributed by atoms with Crippen LogP contribution in [0.5, 0.6) is 5.75 Å². The predicted octanol–water partition coefficient (Wildman–Crippen LogP) is 5.13. The largest absolute Gasteiger partial charge is 0.488 e. The first-order valence-electron chi connectivity index (χ1n) is 10.5. The first kappa shape index (κ1) is 22.5. The van der Waals surface area contributed by atoms with Crippen LogP contribution in [0.2, 0.25) is 0 Å². The Labute approximate surface area is 184 Å². The van der Waals surface area contributed by atoms with Crippen molar-refractivity contribution < 1.29 is 14.3 Å². The Morgan fingerprint density at radius 1 is 0.968 bits per heavy atom. The summed E-state index contributed by atoms with van der Waals surface area (Å²) >= 11 is 0. The Balaban J connectivity index is 1.61. The first-order valence-corrected chi connectivity index (χ1v) is 10.5. The van der Waals surface area contributed by atoms with E-state index in [0.717, 1.165) is 33.6 Å². The molecule has 0 aliphatic carbocycles. The highest BCUT2D eigenvalue weighted by Gasteiger charge is 2.12. The zero-order chi connectivity index (χ0) is 22.2. The summed E-state index contributed by atoms with van der Waals surface area (Å²) in [5.74, 6) is 0.701. The molecule has 0 radical (unpaired) electrons. The molecular weight excluding hydrogens is 388 g/mol. The molecule has 3 aromatic rings. The number of rotatable bonds is 9. The second-order valence-corrected chi connectivity index (χ2v) is 7.95. The van der Waals surface area contributed by atoms with E-state index in [-0.39, 0.29) is 12.0 Å². The normalized spacial score (nSPS) is 10.9. The van der Waals surface area contributed by atoms with Crippen LogP contribution < -0.4 is 10.1 Å². The van der Waals surface area contributed by atoms with Gasteiger partial charge in [0.15, 0.2) is 0 Å². The van der Waals surface area contributed by atoms with Crippen molar-refractivity contribution in [2.75, 3.05) is 0 Å². The lowest BCUT2D eigenvalue weighted by atomic mass is 10.0. The summed E-state index contributed by atoms with van der Waals surface area (Å²) in [6, 6.07) is 15.7. The molecule has 0 unspecified atom stereocenters. The van der Waals surface area contributed by atoms with Gasteiger partial charge >= 0.3 is 0 Å². The minimum absolute atomic E-state index is 0.103. The van der Waals surface area contributed by atoms with E-state index in [1.807, 2.05) is 70.2 Å². The van der Waals surface area contributed by atoms with Crippen LogP contribution in [0.4, 0.5) is 0 Å². The lowest BCUT2D eigenvalue weighted by Gasteiger charge is -2.14. The SMILES string of the molecule is Cc1cc(C(=O)NCc2cccc(COC(C)C)c2)cc(C)c1OCc1cccnc1. The highest BCUT2D eigenvalue weighted by atomic mass is 16.5. The average molecular weight is 419 g/mol. The van der Waals surface area contributed by atoms with Gasteiger partial charge in [0.05, 0.1) is 12.7 Å². The van der Waals surface area contributed by atoms with Crippen molar-refractivity contribution in [3.05, 3.63) is 94.3 Å². The summed E-state index contributed by atoms with van der Waals surface area (Å²) < 4.78 is 11.6. The topological polar surface area (TPSA) is 60.5 Å². The Morgan fingerprint density at radius 2 is 1.68 bits per heavy atom. The number of pyridine rings is 1. The van der Waals surface area contributed by atoms with Crippen LogP contribution in [0.3, 0.4) is 0 Å². The zero-order valence-electron chi connectivity index (χ0n) is 18.6. The van der Waals surface area contributed by atoms with Crippen LogP contribution in [0, 0.1) is 13.8 Å². The van der Waals surface area contributed by atoms with Gasteiger partial charge in [-0.2, -0.15) is 0 Å². The van der Waals surface area contributed by atoms with Crippen molar-refractivity contribution in [2.45, 2.75) is 53.6 Å². The summed E-state index contributed by atoms with van der Waals surface area (Å²) in [6.07, 6.45) is 3.71. The monoisotopic (exact) mass is 418 g/mol. The van der Waals surface area contributed by atoms with Gasteiger partial charge in [-0.25, -0.2) is 0 Å². The van der Waals surface area contributed by atoms with Crippen LogP contribution in [0.15, 0.2) is 60.9 Å². The van der Waals surface area contributed by atoms with Gasteiger partial charge in [-0.05, 0) is 68.1 Å². The number of ether oxygens (including phenoxy) is 2. The lowest BCUT2D eigenvalue weighted by molar-refractivity contribution is 0.0657. The van der Waals surface area contributed by atoms with E-state index < -0.39 is 0 Å². The van der Waals surface area contributed by atoms with E-state index >= 15 is 0 Å². The van der Waals surface area contributed by atoms with Crippen molar-refractivity contribution in [3.8, 4) is 5.75 Å². The molecule has 3 rings (SSSR count). The van der Waals surface area contributed by atoms with Crippen molar-refractivity contribution in [2.24, 2.45) is 0 Å². The third kappa shape index (κ3) is 6.66. The van der Waals surface area contributed by atoms with E-state index in [2.05, 4.69) is 16.4 Å². The number of aromatic nitrogens is 1. The number of nitrogens with zero attached hydrogens (tertiary/aromatic N) is 1. The number of carbonyl (C=O) groups is 1. The summed E-state index contributed by atoms with van der Waals surface area (Å²) in [7, 11) is 0. The molecular formula is C26H30N2O3. The number of benzene rings is 2. The fraction of sp³-hybridized carbons (Fsp3) is 0.308. The summed E-state index contributed by atoms with van der Waals surface area (Å²) in [5.41, 5.74) is 5.64. The molecule has 0 spiro atoms. The number of amides is 1. The fourth-order valence-electron chi connectivity index (χ4n) is 3.32. The summed E-state index contributed by atoms with van der Waals surface area (Å²) in [6.45, 7) is 9.43. The van der Waals surface area contributed by atoms with Crippen LogP contribution in [-0.4, -0.2) is 17.0 Å². The van der Waals surface area contributed by atoms with Crippen LogP contribution >= 0.6 is 0 Å². The van der Waals surface area contributed by atoms with Crippen molar-refractivity contribution in [1.82, 2.24) is 10.3 Å². The van der Waals surface area contributed by atoms with Gasteiger partial charge in [-0.1, -0.05) is 30.3 Å². The average Bonchev–Trinajstić information content (AvgIpc) is 2.76. The molecule has 1 amide bonds. The molecule has 0 aliphatic heterocycles. The number of aryl methyl sites for hydroxylation is 2. The molecule has 1 N–H and O–H groups in total. The van der Waals surface area contributed by atoms with Crippen LogP contribution in [-0.2, 0) is 24.5 Å². The summed E-state index contributed by atoms with van der Waals surface area (Å²) in [5, 5.41) is 3.01. The molecule has 0 aliphatic rings.